The summed E-state index contributed by atoms with van der Waals surface area (Å²) in [6.45, 7) is 0. The molecular weight excluding hydrogens is 518 g/mol. The number of aliphatic carboxylic acids is 3. The van der Waals surface area contributed by atoms with Gasteiger partial charge in [0.15, 0.2) is 6.29 Å². The highest BCUT2D eigenvalue weighted by molar-refractivity contribution is 9.10. The van der Waals surface area contributed by atoms with Gasteiger partial charge in [-0.05, 0) is 49.6 Å². The number of carboxylic acid groups (broad SMARTS) is 3. The molecule has 0 radical (unpaired) electrons. The summed E-state index contributed by atoms with van der Waals surface area (Å²) < 4.78 is 1.62. The van der Waals surface area contributed by atoms with Gasteiger partial charge in [0.25, 0.3) is 0 Å². The Morgan fingerprint density at radius 2 is 1.45 bits per heavy atom. The molecule has 10 nitrogen and oxygen atoms in total. The lowest BCUT2D eigenvalue weighted by Crippen LogP contribution is -2.15. The van der Waals surface area contributed by atoms with E-state index in [2.05, 4.69) is 41.8 Å². The molecule has 2 heterocycles. The van der Waals surface area contributed by atoms with Gasteiger partial charge in [-0.25, -0.2) is 0 Å². The monoisotopic (exact) mass is 533 g/mol. The van der Waals surface area contributed by atoms with Crippen LogP contribution in [0.3, 0.4) is 0 Å². The number of rotatable bonds is 6. The molecule has 2 aromatic heterocycles. The van der Waals surface area contributed by atoms with E-state index in [4.69, 9.17) is 21.1 Å². The van der Waals surface area contributed by atoms with Crippen molar-refractivity contribution in [2.24, 2.45) is 5.73 Å². The van der Waals surface area contributed by atoms with Crippen LogP contribution in [0.4, 0.5) is 0 Å². The molecule has 5 N–H and O–H groups in total. The van der Waals surface area contributed by atoms with Crippen LogP contribution in [0.1, 0.15) is 34.8 Å². The van der Waals surface area contributed by atoms with Gasteiger partial charge in [0.1, 0.15) is 6.42 Å². The molecule has 2 aromatic rings. The number of halogens is 2. The lowest BCUT2D eigenvalue weighted by molar-refractivity contribution is -0.147. The lowest BCUT2D eigenvalue weighted by atomic mass is 10.1. The van der Waals surface area contributed by atoms with Crippen LogP contribution in [-0.2, 0) is 14.4 Å². The van der Waals surface area contributed by atoms with E-state index in [9.17, 15) is 19.2 Å². The first-order valence-electron chi connectivity index (χ1n) is 7.62. The van der Waals surface area contributed by atoms with Crippen molar-refractivity contribution >= 4 is 56.1 Å². The zero-order valence-corrected chi connectivity index (χ0v) is 17.9. The van der Waals surface area contributed by atoms with Gasteiger partial charge >= 0.3 is 17.9 Å². The smallest absolute Gasteiger partial charge is 0.314 e. The van der Waals surface area contributed by atoms with Gasteiger partial charge in [0, 0.05) is 45.3 Å². The van der Waals surface area contributed by atoms with E-state index in [0.717, 1.165) is 20.8 Å². The third kappa shape index (κ3) is 14.0. The summed E-state index contributed by atoms with van der Waals surface area (Å²) in [6, 6.07) is 2.98. The van der Waals surface area contributed by atoms with Crippen LogP contribution in [-0.4, -0.2) is 49.5 Å². The maximum atomic E-state index is 10.4. The molecule has 0 aliphatic rings. The third-order valence-corrected chi connectivity index (χ3v) is 3.58. The van der Waals surface area contributed by atoms with Crippen LogP contribution in [0.2, 0.25) is 0 Å². The van der Waals surface area contributed by atoms with E-state index >= 15 is 0 Å². The molecule has 156 valence electrons. The fraction of sp³-hybridized carbons (Fsp3) is 0.176. The van der Waals surface area contributed by atoms with Crippen molar-refractivity contribution in [3.05, 3.63) is 57.0 Å². The number of nitrogens with zero attached hydrogens (tertiary/aromatic N) is 2. The lowest BCUT2D eigenvalue weighted by Gasteiger charge is -2.08. The second-order valence-corrected chi connectivity index (χ2v) is 6.99. The standard InChI is InChI=1S/C8H9BrN2O2.C6H4BrNO.C3H4O4/c9-6-1-5(3-11-4-6)7(10)2-8(12)13;7-6-1-5(4-9)2-8-3-6;4-2(5)1-3(6)7/h1,3-4,7H,2,10H2,(H,12,13);1-4H;1H2,(H,4,5)(H,6,7). The fourth-order valence-corrected chi connectivity index (χ4v) is 2.32. The van der Waals surface area contributed by atoms with Crippen molar-refractivity contribution in [3.8, 4) is 0 Å². The number of nitrogens with two attached hydrogens (primary N) is 1. The highest BCUT2D eigenvalue weighted by atomic mass is 79.9. The molecule has 0 bridgehead atoms. The van der Waals surface area contributed by atoms with Crippen LogP contribution >= 0.6 is 31.9 Å². The summed E-state index contributed by atoms with van der Waals surface area (Å²) in [7, 11) is 0. The van der Waals surface area contributed by atoms with Crippen LogP contribution in [0.5, 0.6) is 0 Å². The van der Waals surface area contributed by atoms with E-state index in [1.807, 2.05) is 0 Å². The second-order valence-electron chi connectivity index (χ2n) is 5.16. The Labute approximate surface area is 182 Å². The number of hydrogen-bond acceptors (Lipinski definition) is 7. The molecule has 2 rings (SSSR count). The number of aromatic nitrogens is 2. The number of hydrogen-bond donors (Lipinski definition) is 4. The molecule has 0 saturated heterocycles. The highest BCUT2D eigenvalue weighted by Crippen LogP contribution is 2.17. The molecule has 12 heteroatoms. The normalized spacial score (nSPS) is 10.3. The zero-order chi connectivity index (χ0) is 22.4. The van der Waals surface area contributed by atoms with Crippen molar-refractivity contribution in [1.82, 2.24) is 9.97 Å². The molecule has 0 amide bonds. The maximum Gasteiger partial charge on any atom is 0.314 e. The Bertz CT molecular complexity index is 837. The first-order chi connectivity index (χ1) is 13.5. The minimum atomic E-state index is -1.31. The van der Waals surface area contributed by atoms with Crippen LogP contribution in [0, 0.1) is 0 Å². The Hall–Kier alpha value is -2.70. The minimum Gasteiger partial charge on any atom is -0.481 e. The molecule has 1 unspecified atom stereocenters. The topological polar surface area (TPSA) is 181 Å². The Morgan fingerprint density at radius 3 is 1.79 bits per heavy atom. The number of carbonyl (C=O) groups excluding carboxylic acids is 1. The quantitative estimate of drug-likeness (QED) is 0.317. The fourth-order valence-electron chi connectivity index (χ4n) is 1.56. The summed E-state index contributed by atoms with van der Waals surface area (Å²) in [5.74, 6) is -3.53. The third-order valence-electron chi connectivity index (χ3n) is 2.71. The van der Waals surface area contributed by atoms with Gasteiger partial charge in [-0.2, -0.15) is 0 Å². The Morgan fingerprint density at radius 1 is 0.931 bits per heavy atom. The summed E-state index contributed by atoms with van der Waals surface area (Å²) >= 11 is 6.41. The predicted octanol–water partition coefficient (Wildman–Crippen LogP) is 2.52. The molecular formula is C17H17Br2N3O7. The minimum absolute atomic E-state index is 0.0852. The Balaban J connectivity index is 0.000000430. The van der Waals surface area contributed by atoms with E-state index in [1.165, 1.54) is 6.20 Å². The predicted molar refractivity (Wildman–Crippen MR) is 108 cm³/mol. The summed E-state index contributed by atoms with van der Waals surface area (Å²) in [5.41, 5.74) is 6.93. The van der Waals surface area contributed by atoms with Crippen molar-refractivity contribution in [1.29, 1.82) is 0 Å². The van der Waals surface area contributed by atoms with E-state index in [0.29, 0.717) is 5.56 Å². The Kier molecular flexibility index (Phi) is 13.0. The van der Waals surface area contributed by atoms with Gasteiger partial charge in [0.2, 0.25) is 0 Å². The first-order valence-corrected chi connectivity index (χ1v) is 9.20. The maximum absolute atomic E-state index is 10.4. The van der Waals surface area contributed by atoms with Crippen LogP contribution in [0.15, 0.2) is 45.9 Å². The van der Waals surface area contributed by atoms with Gasteiger partial charge < -0.3 is 21.1 Å². The van der Waals surface area contributed by atoms with E-state index in [-0.39, 0.29) is 6.42 Å². The van der Waals surface area contributed by atoms with Crippen LogP contribution < -0.4 is 5.73 Å². The molecule has 0 aliphatic heterocycles. The first kappa shape index (κ1) is 26.3. The van der Waals surface area contributed by atoms with Gasteiger partial charge in [-0.1, -0.05) is 0 Å². The number of aldehydes is 1. The zero-order valence-electron chi connectivity index (χ0n) is 14.7. The summed E-state index contributed by atoms with van der Waals surface area (Å²) in [4.78, 5) is 47.0. The SMILES string of the molecule is NC(CC(=O)O)c1cncc(Br)c1.O=C(O)CC(=O)O.O=Cc1cncc(Br)c1. The summed E-state index contributed by atoms with van der Waals surface area (Å²) in [5, 5.41) is 23.9. The molecule has 0 aromatic carbocycles. The van der Waals surface area contributed by atoms with Crippen molar-refractivity contribution in [2.45, 2.75) is 18.9 Å². The van der Waals surface area contributed by atoms with E-state index < -0.39 is 30.4 Å². The van der Waals surface area contributed by atoms with Crippen molar-refractivity contribution in [2.75, 3.05) is 0 Å². The summed E-state index contributed by atoms with van der Waals surface area (Å²) in [6.07, 6.45) is 6.20. The molecule has 0 aliphatic carbocycles. The van der Waals surface area contributed by atoms with Gasteiger partial charge in [-0.15, -0.1) is 0 Å². The van der Waals surface area contributed by atoms with Gasteiger partial charge in [-0.3, -0.25) is 29.1 Å². The largest absolute Gasteiger partial charge is 0.481 e. The van der Waals surface area contributed by atoms with Crippen molar-refractivity contribution < 1.29 is 34.5 Å². The number of carbonyl (C=O) groups is 4. The number of pyridine rings is 2. The van der Waals surface area contributed by atoms with Gasteiger partial charge in [0.05, 0.1) is 6.42 Å². The highest BCUT2D eigenvalue weighted by Gasteiger charge is 2.10. The molecule has 0 saturated carbocycles. The average Bonchev–Trinajstić information content (AvgIpc) is 2.61. The molecule has 0 fully saturated rings. The van der Waals surface area contributed by atoms with Crippen molar-refractivity contribution in [3.63, 3.8) is 0 Å². The second kappa shape index (κ2) is 14.3. The molecule has 29 heavy (non-hydrogen) atoms. The molecule has 0 spiro atoms. The van der Waals surface area contributed by atoms with Crippen LogP contribution in [0.25, 0.3) is 0 Å². The van der Waals surface area contributed by atoms with E-state index in [1.54, 1.807) is 30.7 Å². The molecule has 1 atom stereocenters. The number of carboxylic acids is 3. The average molecular weight is 535 g/mol.